The Bertz CT molecular complexity index is 441. The van der Waals surface area contributed by atoms with E-state index in [0.717, 1.165) is 18.8 Å². The van der Waals surface area contributed by atoms with Crippen molar-refractivity contribution < 1.29 is 10.0 Å². The first kappa shape index (κ1) is 15.0. The predicted octanol–water partition coefficient (Wildman–Crippen LogP) is 3.86. The number of aliphatic hydroxyl groups is 1. The Kier molecular flexibility index (Phi) is 5.53. The van der Waals surface area contributed by atoms with Crippen LogP contribution >= 0.6 is 0 Å². The largest absolute Gasteiger partial charge is 0.393 e. The van der Waals surface area contributed by atoms with Crippen LogP contribution < -0.4 is 0 Å². The van der Waals surface area contributed by atoms with E-state index in [1.165, 1.54) is 38.2 Å². The Morgan fingerprint density at radius 3 is 2.65 bits per heavy atom. The van der Waals surface area contributed by atoms with Crippen LogP contribution in [-0.2, 0) is 6.42 Å². The topological polar surface area (TPSA) is 63.4 Å². The minimum Gasteiger partial charge on any atom is -0.393 e. The van der Waals surface area contributed by atoms with Crippen LogP contribution in [0.5, 0.6) is 0 Å². The predicted molar refractivity (Wildman–Crippen MR) is 78.6 cm³/mol. The van der Waals surface area contributed by atoms with Gasteiger partial charge in [0.05, 0.1) is 11.0 Å². The average molecular weight is 277 g/mol. The number of benzene rings is 1. The molecule has 1 aromatic rings. The highest BCUT2D eigenvalue weighted by Crippen LogP contribution is 2.28. The Morgan fingerprint density at radius 1 is 1.25 bits per heavy atom. The van der Waals surface area contributed by atoms with Crippen molar-refractivity contribution in [3.63, 3.8) is 0 Å². The van der Waals surface area contributed by atoms with Crippen molar-refractivity contribution >= 4 is 5.69 Å². The average Bonchev–Trinajstić information content (AvgIpc) is 2.46. The van der Waals surface area contributed by atoms with Crippen LogP contribution in [0.15, 0.2) is 24.3 Å². The second kappa shape index (κ2) is 7.39. The SMILES string of the molecule is O=[N+]([O-])c1ccccc1CC(O)CCC1CCCCC1. The molecule has 0 heterocycles. The zero-order chi connectivity index (χ0) is 14.4. The summed E-state index contributed by atoms with van der Waals surface area (Å²) in [5.41, 5.74) is 0.748. The Balaban J connectivity index is 1.84. The molecule has 4 nitrogen and oxygen atoms in total. The zero-order valence-electron chi connectivity index (χ0n) is 11.8. The first-order chi connectivity index (χ1) is 9.66. The van der Waals surface area contributed by atoms with E-state index in [-0.39, 0.29) is 10.6 Å². The third-order valence-corrected chi connectivity index (χ3v) is 4.28. The van der Waals surface area contributed by atoms with E-state index in [0.29, 0.717) is 12.0 Å². The third kappa shape index (κ3) is 4.30. The van der Waals surface area contributed by atoms with Gasteiger partial charge >= 0.3 is 0 Å². The summed E-state index contributed by atoms with van der Waals surface area (Å²) < 4.78 is 0. The van der Waals surface area contributed by atoms with Gasteiger partial charge in [-0.3, -0.25) is 10.1 Å². The number of hydrogen-bond donors (Lipinski definition) is 1. The molecule has 1 aliphatic carbocycles. The first-order valence-electron chi connectivity index (χ1n) is 7.57. The molecule has 1 atom stereocenters. The summed E-state index contributed by atoms with van der Waals surface area (Å²) in [6.07, 6.45) is 8.21. The van der Waals surface area contributed by atoms with Crippen molar-refractivity contribution in [2.75, 3.05) is 0 Å². The van der Waals surface area contributed by atoms with E-state index in [1.807, 2.05) is 0 Å². The maximum absolute atomic E-state index is 10.9. The van der Waals surface area contributed by atoms with Crippen LogP contribution in [0.4, 0.5) is 5.69 Å². The van der Waals surface area contributed by atoms with Gasteiger partial charge in [-0.2, -0.15) is 0 Å². The van der Waals surface area contributed by atoms with Crippen LogP contribution in [0.25, 0.3) is 0 Å². The Morgan fingerprint density at radius 2 is 1.95 bits per heavy atom. The summed E-state index contributed by atoms with van der Waals surface area (Å²) in [6, 6.07) is 6.69. The lowest BCUT2D eigenvalue weighted by Gasteiger charge is -2.22. The van der Waals surface area contributed by atoms with E-state index in [1.54, 1.807) is 18.2 Å². The molecule has 1 aliphatic rings. The molecule has 1 saturated carbocycles. The number of nitro benzene ring substituents is 1. The Labute approximate surface area is 120 Å². The van der Waals surface area contributed by atoms with Gasteiger partial charge in [0.1, 0.15) is 0 Å². The fourth-order valence-corrected chi connectivity index (χ4v) is 3.12. The van der Waals surface area contributed by atoms with Gasteiger partial charge in [0, 0.05) is 18.1 Å². The van der Waals surface area contributed by atoms with Gasteiger partial charge in [-0.05, 0) is 18.8 Å². The molecular weight excluding hydrogens is 254 g/mol. The van der Waals surface area contributed by atoms with Crippen molar-refractivity contribution in [2.45, 2.75) is 57.5 Å². The zero-order valence-corrected chi connectivity index (χ0v) is 11.8. The number of para-hydroxylation sites is 1. The molecule has 4 heteroatoms. The highest BCUT2D eigenvalue weighted by Gasteiger charge is 2.18. The summed E-state index contributed by atoms with van der Waals surface area (Å²) in [7, 11) is 0. The van der Waals surface area contributed by atoms with Crippen LogP contribution in [0.2, 0.25) is 0 Å². The number of hydrogen-bond acceptors (Lipinski definition) is 3. The van der Waals surface area contributed by atoms with Crippen LogP contribution in [0.1, 0.15) is 50.5 Å². The first-order valence-corrected chi connectivity index (χ1v) is 7.57. The number of nitro groups is 1. The molecule has 0 spiro atoms. The molecule has 0 aromatic heterocycles. The maximum Gasteiger partial charge on any atom is 0.272 e. The quantitative estimate of drug-likeness (QED) is 0.634. The summed E-state index contributed by atoms with van der Waals surface area (Å²) in [4.78, 5) is 10.6. The number of aliphatic hydroxyl groups excluding tert-OH is 1. The molecule has 0 saturated heterocycles. The molecule has 1 N–H and O–H groups in total. The van der Waals surface area contributed by atoms with E-state index >= 15 is 0 Å². The molecular formula is C16H23NO3. The molecule has 0 bridgehead atoms. The molecule has 1 fully saturated rings. The van der Waals surface area contributed by atoms with Crippen molar-refractivity contribution in [3.8, 4) is 0 Å². The molecule has 0 aliphatic heterocycles. The van der Waals surface area contributed by atoms with Gasteiger partial charge < -0.3 is 5.11 Å². The molecule has 2 rings (SSSR count). The summed E-state index contributed by atoms with van der Waals surface area (Å²) in [5.74, 6) is 0.740. The van der Waals surface area contributed by atoms with E-state index < -0.39 is 6.10 Å². The van der Waals surface area contributed by atoms with Crippen LogP contribution in [0, 0.1) is 16.0 Å². The molecule has 1 aromatic carbocycles. The lowest BCUT2D eigenvalue weighted by atomic mass is 9.85. The maximum atomic E-state index is 10.9. The van der Waals surface area contributed by atoms with Gasteiger partial charge in [-0.1, -0.05) is 50.3 Å². The summed E-state index contributed by atoms with van der Waals surface area (Å²) in [6.45, 7) is 0. The Hall–Kier alpha value is -1.42. The van der Waals surface area contributed by atoms with Crippen molar-refractivity contribution in [1.82, 2.24) is 0 Å². The van der Waals surface area contributed by atoms with Crippen molar-refractivity contribution in [1.29, 1.82) is 0 Å². The summed E-state index contributed by atoms with van der Waals surface area (Å²) >= 11 is 0. The van der Waals surface area contributed by atoms with E-state index in [2.05, 4.69) is 0 Å². The highest BCUT2D eigenvalue weighted by molar-refractivity contribution is 5.40. The van der Waals surface area contributed by atoms with Crippen LogP contribution in [0.3, 0.4) is 0 Å². The monoisotopic (exact) mass is 277 g/mol. The highest BCUT2D eigenvalue weighted by atomic mass is 16.6. The molecule has 20 heavy (non-hydrogen) atoms. The molecule has 1 unspecified atom stereocenters. The van der Waals surface area contributed by atoms with Crippen LogP contribution in [-0.4, -0.2) is 16.1 Å². The molecule has 0 radical (unpaired) electrons. The van der Waals surface area contributed by atoms with Gasteiger partial charge in [-0.25, -0.2) is 0 Å². The normalized spacial score (nSPS) is 17.9. The van der Waals surface area contributed by atoms with Gasteiger partial charge in [-0.15, -0.1) is 0 Å². The molecule has 0 amide bonds. The van der Waals surface area contributed by atoms with Crippen molar-refractivity contribution in [2.24, 2.45) is 5.92 Å². The van der Waals surface area contributed by atoms with E-state index in [4.69, 9.17) is 0 Å². The van der Waals surface area contributed by atoms with E-state index in [9.17, 15) is 15.2 Å². The fraction of sp³-hybridized carbons (Fsp3) is 0.625. The fourth-order valence-electron chi connectivity index (χ4n) is 3.12. The molecule has 110 valence electrons. The van der Waals surface area contributed by atoms with Crippen molar-refractivity contribution in [3.05, 3.63) is 39.9 Å². The lowest BCUT2D eigenvalue weighted by molar-refractivity contribution is -0.385. The lowest BCUT2D eigenvalue weighted by Crippen LogP contribution is -2.15. The number of rotatable bonds is 6. The third-order valence-electron chi connectivity index (χ3n) is 4.28. The minimum atomic E-state index is -0.474. The smallest absolute Gasteiger partial charge is 0.272 e. The van der Waals surface area contributed by atoms with Gasteiger partial charge in [0.25, 0.3) is 5.69 Å². The number of nitrogens with zero attached hydrogens (tertiary/aromatic N) is 1. The standard InChI is InChI=1S/C16H23NO3/c18-15(11-10-13-6-2-1-3-7-13)12-14-8-4-5-9-16(14)17(19)20/h4-5,8-9,13,15,18H,1-3,6-7,10-12H2. The van der Waals surface area contributed by atoms with Gasteiger partial charge in [0.2, 0.25) is 0 Å². The summed E-state index contributed by atoms with van der Waals surface area (Å²) in [5, 5.41) is 21.0. The second-order valence-electron chi connectivity index (χ2n) is 5.83. The van der Waals surface area contributed by atoms with Gasteiger partial charge in [0.15, 0.2) is 0 Å². The second-order valence-corrected chi connectivity index (χ2v) is 5.83. The minimum absolute atomic E-state index is 0.115.